The molecule has 0 saturated carbocycles. The predicted octanol–water partition coefficient (Wildman–Crippen LogP) is 5.43. The Morgan fingerprint density at radius 3 is 2.77 bits per heavy atom. The molecule has 0 spiro atoms. The van der Waals surface area contributed by atoms with Crippen LogP contribution in [0.4, 0.5) is 5.00 Å². The predicted molar refractivity (Wildman–Crippen MR) is 129 cm³/mol. The Morgan fingerprint density at radius 1 is 1.35 bits per heavy atom. The smallest absolute Gasteiger partial charge is 0.238 e. The van der Waals surface area contributed by atoms with Gasteiger partial charge in [-0.25, -0.2) is 0 Å². The lowest BCUT2D eigenvalue weighted by Crippen LogP contribution is -2.23. The van der Waals surface area contributed by atoms with Crippen LogP contribution in [0.2, 0.25) is 0 Å². The van der Waals surface area contributed by atoms with E-state index in [1.807, 2.05) is 43.5 Å². The summed E-state index contributed by atoms with van der Waals surface area (Å²) in [6, 6.07) is 12.3. The number of thiophene rings is 1. The maximum absolute atomic E-state index is 12.8. The third-order valence-corrected chi connectivity index (χ3v) is 7.81. The first kappa shape index (κ1) is 23.1. The molecule has 1 unspecified atom stereocenters. The van der Waals surface area contributed by atoms with Gasteiger partial charge in [-0.15, -0.1) is 39.9 Å². The number of aryl methyl sites for hydroxylation is 1. The molecule has 2 aromatic heterocycles. The van der Waals surface area contributed by atoms with E-state index >= 15 is 0 Å². The zero-order valence-corrected chi connectivity index (χ0v) is 20.0. The van der Waals surface area contributed by atoms with Gasteiger partial charge in [0.1, 0.15) is 16.9 Å². The number of allylic oxidation sites excluding steroid dienone is 1. The minimum Gasteiger partial charge on any atom is -0.316 e. The van der Waals surface area contributed by atoms with Crippen molar-refractivity contribution in [1.29, 1.82) is 5.26 Å². The van der Waals surface area contributed by atoms with Crippen LogP contribution in [-0.2, 0) is 17.1 Å². The Balaban J connectivity index is 1.70. The number of benzene rings is 1. The number of anilines is 1. The summed E-state index contributed by atoms with van der Waals surface area (Å²) in [6.45, 7) is 10.1. The summed E-state index contributed by atoms with van der Waals surface area (Å²) in [5.41, 5.74) is 1.44. The van der Waals surface area contributed by atoms with Gasteiger partial charge in [0.25, 0.3) is 0 Å². The van der Waals surface area contributed by atoms with Gasteiger partial charge in [-0.2, -0.15) is 5.26 Å². The molecule has 1 amide bonds. The number of rotatable bonds is 9. The van der Waals surface area contributed by atoms with Crippen molar-refractivity contribution < 1.29 is 4.79 Å². The van der Waals surface area contributed by atoms with Crippen molar-refractivity contribution in [2.45, 2.75) is 48.4 Å². The molecule has 0 aliphatic carbocycles. The van der Waals surface area contributed by atoms with Gasteiger partial charge in [0.05, 0.1) is 16.6 Å². The van der Waals surface area contributed by atoms with Crippen LogP contribution in [0.5, 0.6) is 0 Å². The fraction of sp³-hybridized carbons (Fsp3) is 0.273. The summed E-state index contributed by atoms with van der Waals surface area (Å²) in [6.07, 6.45) is 1.80. The van der Waals surface area contributed by atoms with E-state index in [9.17, 15) is 10.1 Å². The Bertz CT molecular complexity index is 1110. The molecule has 0 aliphatic heterocycles. The van der Waals surface area contributed by atoms with E-state index in [2.05, 4.69) is 40.3 Å². The Labute approximate surface area is 194 Å². The number of carbonyl (C=O) groups excluding carboxylic acids is 1. The van der Waals surface area contributed by atoms with Crippen LogP contribution in [-0.4, -0.2) is 25.9 Å². The van der Waals surface area contributed by atoms with Crippen LogP contribution in [0.15, 0.2) is 53.0 Å². The number of aromatic nitrogens is 3. The molecule has 160 valence electrons. The van der Waals surface area contributed by atoms with Crippen molar-refractivity contribution >= 4 is 45.8 Å². The topological polar surface area (TPSA) is 83.6 Å². The van der Waals surface area contributed by atoms with E-state index in [-0.39, 0.29) is 5.91 Å². The van der Waals surface area contributed by atoms with Crippen LogP contribution in [0.1, 0.15) is 28.8 Å². The van der Waals surface area contributed by atoms with Crippen molar-refractivity contribution in [3.8, 4) is 6.07 Å². The summed E-state index contributed by atoms with van der Waals surface area (Å²) >= 11 is 4.46. The molecule has 2 heterocycles. The summed E-state index contributed by atoms with van der Waals surface area (Å²) < 4.78 is 1.98. The van der Waals surface area contributed by atoms with Crippen molar-refractivity contribution in [3.63, 3.8) is 0 Å². The molecule has 0 radical (unpaired) electrons. The van der Waals surface area contributed by atoms with Gasteiger partial charge >= 0.3 is 0 Å². The van der Waals surface area contributed by atoms with E-state index < -0.39 is 5.25 Å². The average Bonchev–Trinajstić information content (AvgIpc) is 3.27. The van der Waals surface area contributed by atoms with Gasteiger partial charge in [0.2, 0.25) is 5.91 Å². The molecule has 0 fully saturated rings. The van der Waals surface area contributed by atoms with Crippen molar-refractivity contribution in [3.05, 3.63) is 64.8 Å². The van der Waals surface area contributed by atoms with Gasteiger partial charge in [-0.1, -0.05) is 36.0 Å². The van der Waals surface area contributed by atoms with E-state index in [1.165, 1.54) is 23.1 Å². The van der Waals surface area contributed by atoms with Crippen molar-refractivity contribution in [2.24, 2.45) is 0 Å². The molecule has 0 bridgehead atoms. The monoisotopic (exact) mass is 469 g/mol. The maximum atomic E-state index is 12.8. The fourth-order valence-corrected chi connectivity index (χ4v) is 5.51. The molecule has 1 aromatic carbocycles. The number of hydrogen-bond acceptors (Lipinski definition) is 7. The van der Waals surface area contributed by atoms with Gasteiger partial charge in [-0.05, 0) is 38.5 Å². The second-order valence-electron chi connectivity index (χ2n) is 6.75. The maximum Gasteiger partial charge on any atom is 0.238 e. The molecule has 1 N–H and O–H groups in total. The van der Waals surface area contributed by atoms with Crippen LogP contribution in [0.3, 0.4) is 0 Å². The molecule has 0 aliphatic rings. The van der Waals surface area contributed by atoms with Crippen LogP contribution < -0.4 is 5.32 Å². The summed E-state index contributed by atoms with van der Waals surface area (Å²) in [5, 5.41) is 21.8. The molecule has 1 atom stereocenters. The first-order valence-electron chi connectivity index (χ1n) is 9.63. The minimum absolute atomic E-state index is 0.170. The SMILES string of the molecule is C=CCn1c(CSc2ccccc2)nnc1SC(C)C(=O)Nc1sc(C)c(C)c1C#N. The third-order valence-electron chi connectivity index (χ3n) is 4.60. The standard InChI is InChI=1S/C22H23N5OS3/c1-5-11-27-19(13-29-17-9-7-6-8-10-17)25-26-22(27)31-16(4)20(28)24-21-18(12-23)14(2)15(3)30-21/h5-10,16H,1,11,13H2,2-4H3,(H,24,28). The number of nitrogens with one attached hydrogen (secondary N) is 1. The summed E-state index contributed by atoms with van der Waals surface area (Å²) in [5.74, 6) is 1.34. The quantitative estimate of drug-likeness (QED) is 0.332. The number of nitrogens with zero attached hydrogens (tertiary/aromatic N) is 4. The van der Waals surface area contributed by atoms with Crippen LogP contribution in [0.25, 0.3) is 0 Å². The number of thioether (sulfide) groups is 2. The van der Waals surface area contributed by atoms with E-state index in [0.29, 0.717) is 28.0 Å². The van der Waals surface area contributed by atoms with Crippen LogP contribution >= 0.6 is 34.9 Å². The summed E-state index contributed by atoms with van der Waals surface area (Å²) in [4.78, 5) is 15.0. The lowest BCUT2D eigenvalue weighted by Gasteiger charge is -2.12. The Hall–Kier alpha value is -2.54. The first-order chi connectivity index (χ1) is 14.9. The van der Waals surface area contributed by atoms with E-state index in [1.54, 1.807) is 17.8 Å². The van der Waals surface area contributed by atoms with E-state index in [0.717, 1.165) is 21.2 Å². The molecular weight excluding hydrogens is 446 g/mol. The number of nitriles is 1. The molecular formula is C22H23N5OS3. The zero-order valence-electron chi connectivity index (χ0n) is 17.6. The normalized spacial score (nSPS) is 11.7. The van der Waals surface area contributed by atoms with Crippen molar-refractivity contribution in [2.75, 3.05) is 5.32 Å². The number of hydrogen-bond donors (Lipinski definition) is 1. The number of amides is 1. The zero-order chi connectivity index (χ0) is 22.4. The Morgan fingerprint density at radius 2 is 2.10 bits per heavy atom. The number of carbonyl (C=O) groups is 1. The largest absolute Gasteiger partial charge is 0.316 e. The van der Waals surface area contributed by atoms with E-state index in [4.69, 9.17) is 0 Å². The Kier molecular flexibility index (Phi) is 7.96. The van der Waals surface area contributed by atoms with Gasteiger partial charge in [-0.3, -0.25) is 4.79 Å². The highest BCUT2D eigenvalue weighted by Crippen LogP contribution is 2.33. The first-order valence-corrected chi connectivity index (χ1v) is 12.3. The lowest BCUT2D eigenvalue weighted by molar-refractivity contribution is -0.115. The highest BCUT2D eigenvalue weighted by atomic mass is 32.2. The highest BCUT2D eigenvalue weighted by molar-refractivity contribution is 8.00. The molecule has 3 aromatic rings. The molecule has 0 saturated heterocycles. The second kappa shape index (κ2) is 10.7. The van der Waals surface area contributed by atoms with Gasteiger partial charge < -0.3 is 9.88 Å². The van der Waals surface area contributed by atoms with Crippen LogP contribution in [0, 0.1) is 25.2 Å². The molecule has 31 heavy (non-hydrogen) atoms. The van der Waals surface area contributed by atoms with Gasteiger partial charge in [0.15, 0.2) is 5.16 Å². The highest BCUT2D eigenvalue weighted by Gasteiger charge is 2.22. The fourth-order valence-electron chi connectivity index (χ4n) is 2.76. The molecule has 6 nitrogen and oxygen atoms in total. The lowest BCUT2D eigenvalue weighted by atomic mass is 10.2. The molecule has 9 heteroatoms. The summed E-state index contributed by atoms with van der Waals surface area (Å²) in [7, 11) is 0. The average molecular weight is 470 g/mol. The minimum atomic E-state index is -0.406. The van der Waals surface area contributed by atoms with Gasteiger partial charge in [0, 0.05) is 16.3 Å². The second-order valence-corrected chi connectivity index (χ2v) is 10.3. The van der Waals surface area contributed by atoms with Crippen molar-refractivity contribution in [1.82, 2.24) is 14.8 Å². The molecule has 3 rings (SSSR count). The third kappa shape index (κ3) is 5.58.